The molecule has 1 aliphatic rings. The smallest absolute Gasteiger partial charge is 0.130 e. The molecule has 3 nitrogen and oxygen atoms in total. The first-order chi connectivity index (χ1) is 10.1. The van der Waals surface area contributed by atoms with Gasteiger partial charge in [-0.15, -0.1) is 11.6 Å². The molecule has 2 aromatic rings. The monoisotopic (exact) mass is 325 g/mol. The molecule has 0 spiro atoms. The van der Waals surface area contributed by atoms with Crippen LogP contribution in [0.1, 0.15) is 38.9 Å². The van der Waals surface area contributed by atoms with Crippen LogP contribution in [0.3, 0.4) is 0 Å². The average Bonchev–Trinajstić information content (AvgIpc) is 2.80. The quantitative estimate of drug-likeness (QED) is 0.781. The molecule has 1 fully saturated rings. The predicted molar refractivity (Wildman–Crippen MR) is 90.2 cm³/mol. The lowest BCUT2D eigenvalue weighted by Gasteiger charge is -2.42. The van der Waals surface area contributed by atoms with Gasteiger partial charge in [-0.3, -0.25) is 0 Å². The van der Waals surface area contributed by atoms with Crippen molar-refractivity contribution in [2.45, 2.75) is 51.6 Å². The Morgan fingerprint density at radius 2 is 1.95 bits per heavy atom. The van der Waals surface area contributed by atoms with Gasteiger partial charge in [-0.05, 0) is 45.2 Å². The number of fused-ring (bicyclic) bond motifs is 1. The van der Waals surface area contributed by atoms with Crippen LogP contribution in [0.25, 0.3) is 11.0 Å². The summed E-state index contributed by atoms with van der Waals surface area (Å²) in [5, 5.41) is 3.16. The third kappa shape index (κ3) is 2.62. The number of hydrogen-bond acceptors (Lipinski definition) is 2. The van der Waals surface area contributed by atoms with Gasteiger partial charge in [0.15, 0.2) is 0 Å². The highest BCUT2D eigenvalue weighted by atomic mass is 35.5. The molecule has 21 heavy (non-hydrogen) atoms. The second kappa shape index (κ2) is 6.05. The molecule has 1 aliphatic heterocycles. The zero-order valence-electron chi connectivity index (χ0n) is 12.5. The fourth-order valence-electron chi connectivity index (χ4n) is 3.41. The number of rotatable bonds is 3. The number of imidazole rings is 1. The number of benzene rings is 1. The molecule has 0 N–H and O–H groups in total. The predicted octanol–water partition coefficient (Wildman–Crippen LogP) is 4.37. The first-order valence-corrected chi connectivity index (χ1v) is 8.55. The van der Waals surface area contributed by atoms with Crippen molar-refractivity contribution in [2.75, 3.05) is 10.9 Å². The molecule has 1 aromatic carbocycles. The summed E-state index contributed by atoms with van der Waals surface area (Å²) in [5.41, 5.74) is 1.97. The van der Waals surface area contributed by atoms with E-state index in [1.54, 1.807) is 0 Å². The molecule has 2 atom stereocenters. The molecule has 0 aliphatic carbocycles. The molecule has 0 bridgehead atoms. The van der Waals surface area contributed by atoms with Crippen LogP contribution in [0.5, 0.6) is 0 Å². The lowest BCUT2D eigenvalue weighted by atomic mass is 10.00. The Morgan fingerprint density at radius 1 is 1.24 bits per heavy atom. The van der Waals surface area contributed by atoms with Gasteiger partial charge >= 0.3 is 0 Å². The summed E-state index contributed by atoms with van der Waals surface area (Å²) in [6.07, 6.45) is 4.47. The first-order valence-electron chi connectivity index (χ1n) is 7.64. The summed E-state index contributed by atoms with van der Waals surface area (Å²) < 4.78 is 2.26. The van der Waals surface area contributed by atoms with E-state index in [0.29, 0.717) is 23.0 Å². The molecular formula is C16H21Cl2N3. The highest BCUT2D eigenvalue weighted by Crippen LogP contribution is 2.29. The molecule has 2 heterocycles. The Balaban J connectivity index is 2.19. The molecular weight excluding hydrogens is 305 g/mol. The number of aryl methyl sites for hydroxylation is 1. The van der Waals surface area contributed by atoms with Gasteiger partial charge in [0, 0.05) is 24.4 Å². The molecule has 0 saturated carbocycles. The summed E-state index contributed by atoms with van der Waals surface area (Å²) in [6.45, 7) is 4.58. The molecule has 1 saturated heterocycles. The zero-order chi connectivity index (χ0) is 15.0. The van der Waals surface area contributed by atoms with Crippen molar-refractivity contribution in [2.24, 2.45) is 0 Å². The van der Waals surface area contributed by atoms with Crippen LogP contribution in [0.4, 0.5) is 0 Å². The molecule has 2 unspecified atom stereocenters. The molecule has 3 rings (SSSR count). The Kier molecular flexibility index (Phi) is 4.32. The van der Waals surface area contributed by atoms with Crippen molar-refractivity contribution in [1.82, 2.24) is 9.66 Å². The minimum atomic E-state index is 0.499. The van der Waals surface area contributed by atoms with Gasteiger partial charge in [0.25, 0.3) is 0 Å². The van der Waals surface area contributed by atoms with Crippen LogP contribution in [0.2, 0.25) is 5.02 Å². The Hall–Kier alpha value is -0.930. The third-order valence-corrected chi connectivity index (χ3v) is 4.87. The van der Waals surface area contributed by atoms with E-state index in [2.05, 4.69) is 29.6 Å². The van der Waals surface area contributed by atoms with E-state index >= 15 is 0 Å². The summed E-state index contributed by atoms with van der Waals surface area (Å²) in [4.78, 5) is 4.75. The molecule has 1 aromatic heterocycles. The summed E-state index contributed by atoms with van der Waals surface area (Å²) in [5.74, 6) is 1.58. The summed E-state index contributed by atoms with van der Waals surface area (Å²) in [6, 6.07) is 6.99. The van der Waals surface area contributed by atoms with E-state index in [1.807, 2.05) is 12.1 Å². The lowest BCUT2D eigenvalue weighted by Crippen LogP contribution is -2.51. The van der Waals surface area contributed by atoms with Gasteiger partial charge in [0.2, 0.25) is 0 Å². The third-order valence-electron chi connectivity index (χ3n) is 4.38. The van der Waals surface area contributed by atoms with E-state index in [1.165, 1.54) is 19.3 Å². The van der Waals surface area contributed by atoms with Gasteiger partial charge in [-0.1, -0.05) is 17.7 Å². The number of halogens is 2. The van der Waals surface area contributed by atoms with Crippen LogP contribution in [-0.2, 0) is 6.42 Å². The molecule has 0 amide bonds. The topological polar surface area (TPSA) is 21.1 Å². The standard InChI is InChI=1S/C16H21Cl2N3/c1-11-5-3-6-12(2)20(11)21-14-8-4-7-13(18)16(14)19-15(21)9-10-17/h4,7-8,11-12H,3,5-6,9-10H2,1-2H3. The highest BCUT2D eigenvalue weighted by Gasteiger charge is 2.28. The largest absolute Gasteiger partial charge is 0.306 e. The number of piperidine rings is 1. The van der Waals surface area contributed by atoms with Gasteiger partial charge in [-0.25, -0.2) is 9.66 Å². The molecule has 114 valence electrons. The van der Waals surface area contributed by atoms with Gasteiger partial charge in [0.05, 0.1) is 10.5 Å². The zero-order valence-corrected chi connectivity index (χ0v) is 14.0. The van der Waals surface area contributed by atoms with Crippen LogP contribution >= 0.6 is 23.2 Å². The average molecular weight is 326 g/mol. The second-order valence-electron chi connectivity index (χ2n) is 5.90. The van der Waals surface area contributed by atoms with Crippen molar-refractivity contribution in [3.63, 3.8) is 0 Å². The van der Waals surface area contributed by atoms with E-state index in [-0.39, 0.29) is 0 Å². The lowest BCUT2D eigenvalue weighted by molar-refractivity contribution is 0.336. The fourth-order valence-corrected chi connectivity index (χ4v) is 3.79. The Morgan fingerprint density at radius 3 is 2.62 bits per heavy atom. The number of para-hydroxylation sites is 1. The van der Waals surface area contributed by atoms with Crippen LogP contribution < -0.4 is 5.01 Å². The van der Waals surface area contributed by atoms with Crippen molar-refractivity contribution in [1.29, 1.82) is 0 Å². The van der Waals surface area contributed by atoms with Crippen molar-refractivity contribution >= 4 is 34.2 Å². The number of alkyl halides is 1. The van der Waals surface area contributed by atoms with Crippen LogP contribution in [0.15, 0.2) is 18.2 Å². The second-order valence-corrected chi connectivity index (χ2v) is 6.68. The fraction of sp³-hybridized carbons (Fsp3) is 0.562. The minimum absolute atomic E-state index is 0.499. The number of aromatic nitrogens is 2. The first kappa shape index (κ1) is 15.0. The maximum absolute atomic E-state index is 6.33. The summed E-state index contributed by atoms with van der Waals surface area (Å²) >= 11 is 12.3. The number of nitrogens with zero attached hydrogens (tertiary/aromatic N) is 3. The van der Waals surface area contributed by atoms with Gasteiger partial charge in [0.1, 0.15) is 11.3 Å². The maximum atomic E-state index is 6.33. The van der Waals surface area contributed by atoms with Gasteiger partial charge in [-0.2, -0.15) is 0 Å². The Bertz CT molecular complexity index is 628. The van der Waals surface area contributed by atoms with Gasteiger partial charge < -0.3 is 5.01 Å². The van der Waals surface area contributed by atoms with Crippen LogP contribution in [0, 0.1) is 0 Å². The van der Waals surface area contributed by atoms with E-state index < -0.39 is 0 Å². The normalized spacial score (nSPS) is 23.0. The number of hydrogen-bond donors (Lipinski definition) is 0. The molecule has 5 heteroatoms. The minimum Gasteiger partial charge on any atom is -0.306 e. The highest BCUT2D eigenvalue weighted by molar-refractivity contribution is 6.34. The van der Waals surface area contributed by atoms with Crippen molar-refractivity contribution in [3.05, 3.63) is 29.0 Å². The van der Waals surface area contributed by atoms with Crippen molar-refractivity contribution < 1.29 is 0 Å². The van der Waals surface area contributed by atoms with Crippen LogP contribution in [-0.4, -0.2) is 27.6 Å². The maximum Gasteiger partial charge on any atom is 0.130 e. The Labute approximate surface area is 135 Å². The van der Waals surface area contributed by atoms with Crippen molar-refractivity contribution in [3.8, 4) is 0 Å². The van der Waals surface area contributed by atoms with E-state index in [9.17, 15) is 0 Å². The van der Waals surface area contributed by atoms with E-state index in [4.69, 9.17) is 28.2 Å². The summed E-state index contributed by atoms with van der Waals surface area (Å²) in [7, 11) is 0. The SMILES string of the molecule is CC1CCCC(C)N1n1c(CCCl)nc2c(Cl)cccc21. The van der Waals surface area contributed by atoms with E-state index in [0.717, 1.165) is 23.3 Å². The molecule has 0 radical (unpaired) electrons.